The minimum atomic E-state index is -0.254. The summed E-state index contributed by atoms with van der Waals surface area (Å²) in [6.45, 7) is 1.80. The van der Waals surface area contributed by atoms with Crippen molar-refractivity contribution in [2.75, 3.05) is 6.54 Å². The highest BCUT2D eigenvalue weighted by Gasteiger charge is 2.31. The zero-order valence-electron chi connectivity index (χ0n) is 8.54. The molecule has 1 saturated heterocycles. The maximum atomic E-state index is 13.6. The van der Waals surface area contributed by atoms with Gasteiger partial charge in [-0.2, -0.15) is 0 Å². The Hall–Kier alpha value is -1.09. The van der Waals surface area contributed by atoms with E-state index in [-0.39, 0.29) is 11.6 Å². The summed E-state index contributed by atoms with van der Waals surface area (Å²) >= 11 is 0. The van der Waals surface area contributed by atoms with Gasteiger partial charge in [-0.05, 0) is 37.4 Å². The van der Waals surface area contributed by atoms with E-state index in [1.54, 1.807) is 6.07 Å². The third-order valence-corrected chi connectivity index (χ3v) is 3.59. The fraction of sp³-hybridized carbons (Fsp3) is 0.500. The third kappa shape index (κ3) is 1.42. The molecular formula is C12H14FNO. The van der Waals surface area contributed by atoms with E-state index in [1.165, 1.54) is 18.9 Å². The zero-order valence-corrected chi connectivity index (χ0v) is 8.54. The van der Waals surface area contributed by atoms with Gasteiger partial charge in [-0.3, -0.25) is 4.90 Å². The van der Waals surface area contributed by atoms with Crippen LogP contribution in [0.1, 0.15) is 24.0 Å². The van der Waals surface area contributed by atoms with E-state index in [0.717, 1.165) is 24.1 Å². The van der Waals surface area contributed by atoms with Gasteiger partial charge in [0.1, 0.15) is 11.6 Å². The molecule has 1 unspecified atom stereocenters. The van der Waals surface area contributed by atoms with Crippen molar-refractivity contribution in [3.05, 3.63) is 29.1 Å². The van der Waals surface area contributed by atoms with Crippen LogP contribution in [0.15, 0.2) is 12.1 Å². The second-order valence-corrected chi connectivity index (χ2v) is 4.54. The molecule has 1 atom stereocenters. The monoisotopic (exact) mass is 207 g/mol. The minimum Gasteiger partial charge on any atom is -0.508 e. The fourth-order valence-electron chi connectivity index (χ4n) is 2.83. The molecular weight excluding hydrogens is 193 g/mol. The first-order valence-corrected chi connectivity index (χ1v) is 5.48. The Morgan fingerprint density at radius 2 is 2.27 bits per heavy atom. The minimum absolute atomic E-state index is 0.0534. The molecule has 3 heteroatoms. The number of rotatable bonds is 0. The maximum Gasteiger partial charge on any atom is 0.131 e. The number of aromatic hydroxyl groups is 1. The molecule has 2 aliphatic rings. The fourth-order valence-corrected chi connectivity index (χ4v) is 2.83. The van der Waals surface area contributed by atoms with Crippen molar-refractivity contribution < 1.29 is 9.50 Å². The molecule has 0 saturated carbocycles. The Balaban J connectivity index is 2.03. The second kappa shape index (κ2) is 3.20. The molecule has 0 amide bonds. The number of phenolic OH excluding ortho intramolecular Hbond substituents is 1. The Bertz CT molecular complexity index is 405. The van der Waals surface area contributed by atoms with Gasteiger partial charge in [0.2, 0.25) is 0 Å². The Morgan fingerprint density at radius 3 is 3.13 bits per heavy atom. The van der Waals surface area contributed by atoms with E-state index in [0.29, 0.717) is 12.6 Å². The highest BCUT2D eigenvalue weighted by molar-refractivity contribution is 5.38. The Labute approximate surface area is 88.3 Å². The van der Waals surface area contributed by atoms with Crippen LogP contribution in [-0.4, -0.2) is 22.6 Å². The molecule has 3 rings (SSSR count). The standard InChI is InChI=1S/C12H14FNO/c13-12-6-10(15)5-8-4-9-2-1-3-14(9)7-11(8)12/h5-6,9,15H,1-4,7H2. The van der Waals surface area contributed by atoms with Gasteiger partial charge in [-0.1, -0.05) is 0 Å². The van der Waals surface area contributed by atoms with Crippen molar-refractivity contribution in [3.63, 3.8) is 0 Å². The summed E-state index contributed by atoms with van der Waals surface area (Å²) < 4.78 is 13.6. The number of fused-ring (bicyclic) bond motifs is 2. The Kier molecular flexibility index (Phi) is 1.96. The van der Waals surface area contributed by atoms with Crippen LogP contribution >= 0.6 is 0 Å². The molecule has 2 aliphatic heterocycles. The summed E-state index contributed by atoms with van der Waals surface area (Å²) in [7, 11) is 0. The van der Waals surface area contributed by atoms with Crippen LogP contribution in [0.25, 0.3) is 0 Å². The molecule has 2 heterocycles. The molecule has 1 aromatic carbocycles. The van der Waals surface area contributed by atoms with Crippen molar-refractivity contribution in [2.45, 2.75) is 31.8 Å². The van der Waals surface area contributed by atoms with Crippen molar-refractivity contribution >= 4 is 0 Å². The summed E-state index contributed by atoms with van der Waals surface area (Å²) in [6.07, 6.45) is 3.31. The SMILES string of the molecule is Oc1cc(F)c2c(c1)CC1CCCN1C2. The molecule has 1 aromatic rings. The predicted molar refractivity (Wildman–Crippen MR) is 55.2 cm³/mol. The number of hydrogen-bond donors (Lipinski definition) is 1. The lowest BCUT2D eigenvalue weighted by Crippen LogP contribution is -2.35. The van der Waals surface area contributed by atoms with E-state index in [2.05, 4.69) is 4.90 Å². The molecule has 1 N–H and O–H groups in total. The molecule has 0 bridgehead atoms. The van der Waals surface area contributed by atoms with E-state index in [4.69, 9.17) is 0 Å². The molecule has 0 radical (unpaired) electrons. The number of benzene rings is 1. The van der Waals surface area contributed by atoms with Crippen LogP contribution in [0.4, 0.5) is 4.39 Å². The van der Waals surface area contributed by atoms with Crippen molar-refractivity contribution in [2.24, 2.45) is 0 Å². The number of halogens is 1. The lowest BCUT2D eigenvalue weighted by molar-refractivity contribution is 0.223. The first-order chi connectivity index (χ1) is 7.24. The number of nitrogens with zero attached hydrogens (tertiary/aromatic N) is 1. The van der Waals surface area contributed by atoms with Gasteiger partial charge >= 0.3 is 0 Å². The van der Waals surface area contributed by atoms with Gasteiger partial charge < -0.3 is 5.11 Å². The maximum absolute atomic E-state index is 13.6. The Morgan fingerprint density at radius 1 is 1.40 bits per heavy atom. The van der Waals surface area contributed by atoms with Crippen LogP contribution in [0.3, 0.4) is 0 Å². The lowest BCUT2D eigenvalue weighted by Gasteiger charge is -2.31. The predicted octanol–water partition coefficient (Wildman–Crippen LogP) is 2.05. The van der Waals surface area contributed by atoms with E-state index in [1.807, 2.05) is 0 Å². The van der Waals surface area contributed by atoms with Crippen LogP contribution in [0.5, 0.6) is 5.75 Å². The molecule has 80 valence electrons. The van der Waals surface area contributed by atoms with Gasteiger partial charge in [0.25, 0.3) is 0 Å². The van der Waals surface area contributed by atoms with Crippen molar-refractivity contribution in [1.29, 1.82) is 0 Å². The summed E-state index contributed by atoms with van der Waals surface area (Å²) in [6, 6.07) is 3.50. The van der Waals surface area contributed by atoms with Gasteiger partial charge in [0.15, 0.2) is 0 Å². The van der Waals surface area contributed by atoms with Crippen LogP contribution in [0, 0.1) is 5.82 Å². The normalized spacial score (nSPS) is 25.0. The van der Waals surface area contributed by atoms with Crippen LogP contribution in [0.2, 0.25) is 0 Å². The average molecular weight is 207 g/mol. The van der Waals surface area contributed by atoms with Crippen molar-refractivity contribution in [3.8, 4) is 5.75 Å². The van der Waals surface area contributed by atoms with E-state index < -0.39 is 0 Å². The molecule has 0 spiro atoms. The first kappa shape index (κ1) is 9.16. The molecule has 15 heavy (non-hydrogen) atoms. The second-order valence-electron chi connectivity index (χ2n) is 4.54. The summed E-state index contributed by atoms with van der Waals surface area (Å²) in [5.74, 6) is -0.201. The summed E-state index contributed by atoms with van der Waals surface area (Å²) in [5.41, 5.74) is 1.78. The number of phenols is 1. The quantitative estimate of drug-likeness (QED) is 0.703. The molecule has 2 nitrogen and oxygen atoms in total. The van der Waals surface area contributed by atoms with E-state index in [9.17, 15) is 9.50 Å². The summed E-state index contributed by atoms with van der Waals surface area (Å²) in [4.78, 5) is 2.35. The molecule has 1 fully saturated rings. The van der Waals surface area contributed by atoms with Gasteiger partial charge in [0.05, 0.1) is 0 Å². The smallest absolute Gasteiger partial charge is 0.131 e. The number of hydrogen-bond acceptors (Lipinski definition) is 2. The largest absolute Gasteiger partial charge is 0.508 e. The van der Waals surface area contributed by atoms with Gasteiger partial charge in [-0.15, -0.1) is 0 Å². The van der Waals surface area contributed by atoms with Crippen LogP contribution in [-0.2, 0) is 13.0 Å². The topological polar surface area (TPSA) is 23.5 Å². The first-order valence-electron chi connectivity index (χ1n) is 5.48. The summed E-state index contributed by atoms with van der Waals surface area (Å²) in [5, 5.41) is 9.36. The highest BCUT2D eigenvalue weighted by atomic mass is 19.1. The third-order valence-electron chi connectivity index (χ3n) is 3.59. The molecule has 0 aromatic heterocycles. The highest BCUT2D eigenvalue weighted by Crippen LogP contribution is 2.33. The average Bonchev–Trinajstić information content (AvgIpc) is 2.61. The lowest BCUT2D eigenvalue weighted by atomic mass is 9.94. The van der Waals surface area contributed by atoms with Gasteiger partial charge in [-0.25, -0.2) is 4.39 Å². The van der Waals surface area contributed by atoms with E-state index >= 15 is 0 Å². The van der Waals surface area contributed by atoms with Gasteiger partial charge in [0, 0.05) is 24.2 Å². The molecule has 0 aliphatic carbocycles. The van der Waals surface area contributed by atoms with Crippen molar-refractivity contribution in [1.82, 2.24) is 4.90 Å². The zero-order chi connectivity index (χ0) is 10.4. The van der Waals surface area contributed by atoms with Crippen LogP contribution < -0.4 is 0 Å².